The van der Waals surface area contributed by atoms with E-state index in [9.17, 15) is 35.7 Å². The maximum Gasteiger partial charge on any atom is 0.311 e. The maximum absolute atomic E-state index is 10.2. The summed E-state index contributed by atoms with van der Waals surface area (Å²) in [6.45, 7) is -2.84. The van der Waals surface area contributed by atoms with Crippen LogP contribution in [0.25, 0.3) is 0 Å². The highest BCUT2D eigenvalue weighted by molar-refractivity contribution is 4.94. The van der Waals surface area contributed by atoms with Gasteiger partial charge in [0.05, 0.1) is 19.8 Å². The third-order valence-electron chi connectivity index (χ3n) is 3.72. The van der Waals surface area contributed by atoms with Crippen molar-refractivity contribution in [3.8, 4) is 0 Å². The maximum atomic E-state index is 10.2. The summed E-state index contributed by atoms with van der Waals surface area (Å²) in [5, 5.41) is 95.1. The Bertz CT molecular complexity index is 381. The molecular formula is C12H24O12. The Morgan fingerprint density at radius 1 is 0.917 bits per heavy atom. The second-order valence-corrected chi connectivity index (χ2v) is 5.47. The molecule has 1 aliphatic rings. The van der Waals surface area contributed by atoms with Gasteiger partial charge in [-0.2, -0.15) is 0 Å². The molecule has 0 bridgehead atoms. The first-order chi connectivity index (χ1) is 11.1. The van der Waals surface area contributed by atoms with Crippen LogP contribution < -0.4 is 0 Å². The molecule has 0 saturated carbocycles. The van der Waals surface area contributed by atoms with E-state index in [0.29, 0.717) is 0 Å². The summed E-state index contributed by atoms with van der Waals surface area (Å²) in [5.41, 5.74) is 0. The van der Waals surface area contributed by atoms with Gasteiger partial charge in [-0.05, 0) is 0 Å². The Labute approximate surface area is 136 Å². The van der Waals surface area contributed by atoms with E-state index < -0.39 is 74.6 Å². The zero-order valence-electron chi connectivity index (χ0n) is 12.5. The van der Waals surface area contributed by atoms with E-state index in [4.69, 9.17) is 24.8 Å². The zero-order valence-corrected chi connectivity index (χ0v) is 12.5. The molecule has 0 aromatic rings. The third kappa shape index (κ3) is 4.37. The van der Waals surface area contributed by atoms with Crippen LogP contribution in [-0.2, 0) is 9.47 Å². The summed E-state index contributed by atoms with van der Waals surface area (Å²) in [4.78, 5) is 0. The summed E-state index contributed by atoms with van der Waals surface area (Å²) in [6, 6.07) is 0. The molecule has 1 saturated heterocycles. The SMILES string of the molecule is OC[C@@H](O)[C@@H](OC1(O)O[C@H](CO)[C@H](O)[C@H](O)[C@H]1O)[C@H](O)[C@@H](O)CO. The van der Waals surface area contributed by atoms with Crippen LogP contribution in [0.5, 0.6) is 0 Å². The van der Waals surface area contributed by atoms with E-state index >= 15 is 0 Å². The largest absolute Gasteiger partial charge is 0.394 e. The molecule has 12 nitrogen and oxygen atoms in total. The molecule has 144 valence electrons. The molecular weight excluding hydrogens is 336 g/mol. The zero-order chi connectivity index (χ0) is 18.7. The van der Waals surface area contributed by atoms with Gasteiger partial charge in [-0.15, -0.1) is 0 Å². The van der Waals surface area contributed by atoms with Crippen molar-refractivity contribution in [1.82, 2.24) is 0 Å². The van der Waals surface area contributed by atoms with Gasteiger partial charge in [0, 0.05) is 0 Å². The van der Waals surface area contributed by atoms with Crippen LogP contribution in [0.2, 0.25) is 0 Å². The number of hydrogen-bond donors (Lipinski definition) is 10. The lowest BCUT2D eigenvalue weighted by Crippen LogP contribution is -2.68. The fourth-order valence-electron chi connectivity index (χ4n) is 2.22. The summed E-state index contributed by atoms with van der Waals surface area (Å²) in [7, 11) is 0. The molecule has 9 atom stereocenters. The van der Waals surface area contributed by atoms with Crippen molar-refractivity contribution in [2.24, 2.45) is 0 Å². The Balaban J connectivity index is 3.05. The van der Waals surface area contributed by atoms with Gasteiger partial charge in [-0.3, -0.25) is 0 Å². The second kappa shape index (κ2) is 8.75. The van der Waals surface area contributed by atoms with Crippen LogP contribution in [-0.4, -0.2) is 126 Å². The smallest absolute Gasteiger partial charge is 0.311 e. The van der Waals surface area contributed by atoms with Crippen molar-refractivity contribution in [2.45, 2.75) is 54.8 Å². The van der Waals surface area contributed by atoms with E-state index in [0.717, 1.165) is 0 Å². The molecule has 0 aromatic heterocycles. The van der Waals surface area contributed by atoms with Crippen LogP contribution in [0.15, 0.2) is 0 Å². The van der Waals surface area contributed by atoms with Gasteiger partial charge in [0.1, 0.15) is 42.7 Å². The number of hydrogen-bond acceptors (Lipinski definition) is 12. The molecule has 1 heterocycles. The minimum atomic E-state index is -3.11. The first-order valence-corrected chi connectivity index (χ1v) is 7.11. The van der Waals surface area contributed by atoms with Gasteiger partial charge in [0.15, 0.2) is 6.10 Å². The first-order valence-electron chi connectivity index (χ1n) is 7.11. The van der Waals surface area contributed by atoms with Crippen molar-refractivity contribution in [3.05, 3.63) is 0 Å². The lowest BCUT2D eigenvalue weighted by Gasteiger charge is -2.46. The van der Waals surface area contributed by atoms with Gasteiger partial charge >= 0.3 is 5.97 Å². The summed E-state index contributed by atoms with van der Waals surface area (Å²) in [5.74, 6) is -3.11. The van der Waals surface area contributed by atoms with Crippen molar-refractivity contribution < 1.29 is 60.5 Å². The molecule has 24 heavy (non-hydrogen) atoms. The van der Waals surface area contributed by atoms with E-state index in [1.165, 1.54) is 0 Å². The fourth-order valence-corrected chi connectivity index (χ4v) is 2.22. The van der Waals surface area contributed by atoms with E-state index in [-0.39, 0.29) is 0 Å². The normalized spacial score (nSPS) is 39.2. The monoisotopic (exact) mass is 360 g/mol. The molecule has 1 rings (SSSR count). The Morgan fingerprint density at radius 2 is 1.46 bits per heavy atom. The molecule has 1 fully saturated rings. The molecule has 0 aliphatic carbocycles. The predicted octanol–water partition coefficient (Wildman–Crippen LogP) is -6.44. The van der Waals surface area contributed by atoms with E-state index in [1.807, 2.05) is 0 Å². The van der Waals surface area contributed by atoms with Crippen molar-refractivity contribution >= 4 is 0 Å². The predicted molar refractivity (Wildman–Crippen MR) is 72.0 cm³/mol. The topological polar surface area (TPSA) is 221 Å². The molecule has 1 unspecified atom stereocenters. The number of ether oxygens (including phenoxy) is 2. The molecule has 1 aliphatic heterocycles. The lowest BCUT2D eigenvalue weighted by atomic mass is 9.97. The number of rotatable bonds is 8. The molecule has 0 spiro atoms. The molecule has 0 amide bonds. The average molecular weight is 360 g/mol. The average Bonchev–Trinajstić information content (AvgIpc) is 2.59. The summed E-state index contributed by atoms with van der Waals surface area (Å²) in [6.07, 6.45) is -15.4. The molecule has 10 N–H and O–H groups in total. The van der Waals surface area contributed by atoms with Crippen molar-refractivity contribution in [2.75, 3.05) is 19.8 Å². The minimum Gasteiger partial charge on any atom is -0.394 e. The Kier molecular flexibility index (Phi) is 7.86. The van der Waals surface area contributed by atoms with Crippen LogP contribution in [0.3, 0.4) is 0 Å². The van der Waals surface area contributed by atoms with Crippen LogP contribution in [0, 0.1) is 0 Å². The molecule has 0 radical (unpaired) electrons. The Morgan fingerprint density at radius 3 is 1.92 bits per heavy atom. The van der Waals surface area contributed by atoms with Crippen LogP contribution in [0.4, 0.5) is 0 Å². The highest BCUT2D eigenvalue weighted by Gasteiger charge is 2.56. The van der Waals surface area contributed by atoms with Gasteiger partial charge in [-0.1, -0.05) is 0 Å². The standard InChI is InChI=1S/C12H24O12/c13-1-4(16)7(18)10(5(17)2-14)24-12(22)11(21)9(20)8(19)6(3-15)23-12/h4-11,13-22H,1-3H2/t4-,5+,6+,7+,8-,9-,10+,11+,12?/m0/s1. The highest BCUT2D eigenvalue weighted by Crippen LogP contribution is 2.31. The van der Waals surface area contributed by atoms with Crippen LogP contribution >= 0.6 is 0 Å². The van der Waals surface area contributed by atoms with Crippen LogP contribution in [0.1, 0.15) is 0 Å². The highest BCUT2D eigenvalue weighted by atomic mass is 16.8. The second-order valence-electron chi connectivity index (χ2n) is 5.47. The lowest BCUT2D eigenvalue weighted by molar-refractivity contribution is -0.466. The van der Waals surface area contributed by atoms with E-state index in [2.05, 4.69) is 0 Å². The van der Waals surface area contributed by atoms with E-state index in [1.54, 1.807) is 0 Å². The van der Waals surface area contributed by atoms with Crippen molar-refractivity contribution in [1.29, 1.82) is 0 Å². The molecule has 12 heteroatoms. The quantitative estimate of drug-likeness (QED) is 0.183. The van der Waals surface area contributed by atoms with Gasteiger partial charge in [0.2, 0.25) is 0 Å². The first kappa shape index (κ1) is 21.6. The molecule has 0 aromatic carbocycles. The van der Waals surface area contributed by atoms with Crippen molar-refractivity contribution in [3.63, 3.8) is 0 Å². The van der Waals surface area contributed by atoms with Gasteiger partial charge in [-0.25, -0.2) is 0 Å². The Hall–Kier alpha value is -0.480. The summed E-state index contributed by atoms with van der Waals surface area (Å²) >= 11 is 0. The van der Waals surface area contributed by atoms with Gasteiger partial charge in [0.25, 0.3) is 0 Å². The van der Waals surface area contributed by atoms with Gasteiger partial charge < -0.3 is 60.5 Å². The fraction of sp³-hybridized carbons (Fsp3) is 1.00. The number of aliphatic hydroxyl groups is 10. The minimum absolute atomic E-state index is 0.883. The third-order valence-corrected chi connectivity index (χ3v) is 3.72. The number of aliphatic hydroxyl groups excluding tert-OH is 9. The summed E-state index contributed by atoms with van der Waals surface area (Å²) < 4.78 is 9.63.